The van der Waals surface area contributed by atoms with E-state index in [1.807, 2.05) is 78.9 Å². The third-order valence-corrected chi connectivity index (χ3v) is 12.9. The van der Waals surface area contributed by atoms with E-state index < -0.39 is 44.2 Å². The van der Waals surface area contributed by atoms with E-state index in [9.17, 15) is 14.9 Å². The summed E-state index contributed by atoms with van der Waals surface area (Å²) < 4.78 is 55.3. The summed E-state index contributed by atoms with van der Waals surface area (Å²) in [5.41, 5.74) is 0.625. The van der Waals surface area contributed by atoms with E-state index in [1.54, 1.807) is 39.7 Å². The van der Waals surface area contributed by atoms with Crippen molar-refractivity contribution >= 4 is 31.5 Å². The summed E-state index contributed by atoms with van der Waals surface area (Å²) in [4.78, 5) is 38.1. The Labute approximate surface area is 381 Å². The fourth-order valence-corrected chi connectivity index (χ4v) is 9.39. The smallest absolute Gasteiger partial charge is 0.280 e. The lowest BCUT2D eigenvalue weighted by Gasteiger charge is -2.41. The van der Waals surface area contributed by atoms with Gasteiger partial charge in [-0.25, -0.2) is 9.65 Å². The minimum atomic E-state index is -1.72. The van der Waals surface area contributed by atoms with Crippen molar-refractivity contribution in [1.82, 2.24) is 24.2 Å². The number of benzene rings is 3. The standard InChI is InChI=1S/C47H60N7O10P/c1-30(2)43(55)51-46-50-42-39(44(56)52-46)49-29-53(42)45-41(60-27-26-57-7)40(38(63-45)28-62-65(61-25-13-24-48)54(31(3)4)32(5)6)64-47(33-14-11-10-12-15-33,34-16-20-36(58-8)21-17-34)35-18-22-37(59-9)23-19-35/h10-12,14-23,29-32,38,40-41,45H,13,25-28H2,1-9H3,(H2,50,51,52,55,56)/t38-,40-,41-,45-,65?/m1/s1. The van der Waals surface area contributed by atoms with Crippen LogP contribution >= 0.6 is 8.53 Å². The van der Waals surface area contributed by atoms with Gasteiger partial charge < -0.3 is 37.5 Å². The number of hydrogen-bond donors (Lipinski definition) is 2. The number of aromatic nitrogens is 4. The van der Waals surface area contributed by atoms with E-state index >= 15 is 0 Å². The molecule has 0 aliphatic carbocycles. The van der Waals surface area contributed by atoms with Crippen molar-refractivity contribution in [2.24, 2.45) is 5.92 Å². The lowest BCUT2D eigenvalue weighted by Crippen LogP contribution is -2.46. The normalized spacial score (nSPS) is 18.2. The average Bonchev–Trinajstić information content (AvgIpc) is 3.88. The maximum Gasteiger partial charge on any atom is 0.280 e. The molecule has 1 aliphatic heterocycles. The van der Waals surface area contributed by atoms with Crippen molar-refractivity contribution in [1.29, 1.82) is 5.26 Å². The molecule has 5 atom stereocenters. The molecule has 1 aliphatic rings. The van der Waals surface area contributed by atoms with Crippen molar-refractivity contribution < 1.29 is 42.3 Å². The number of ether oxygens (including phenoxy) is 6. The van der Waals surface area contributed by atoms with Gasteiger partial charge in [0.25, 0.3) is 14.1 Å². The second kappa shape index (κ2) is 22.8. The third kappa shape index (κ3) is 11.2. The fraction of sp³-hybridized carbons (Fsp3) is 0.468. The van der Waals surface area contributed by atoms with Crippen LogP contribution in [0.15, 0.2) is 90.0 Å². The van der Waals surface area contributed by atoms with Gasteiger partial charge in [-0.1, -0.05) is 68.4 Å². The number of carbonyl (C=O) groups is 1. The predicted octanol–water partition coefficient (Wildman–Crippen LogP) is 7.33. The molecule has 2 N–H and O–H groups in total. The van der Waals surface area contributed by atoms with Gasteiger partial charge in [0.2, 0.25) is 11.9 Å². The van der Waals surface area contributed by atoms with Crippen LogP contribution in [0, 0.1) is 17.2 Å². The summed E-state index contributed by atoms with van der Waals surface area (Å²) >= 11 is 0. The topological polar surface area (TPSA) is 194 Å². The number of aromatic amines is 1. The van der Waals surface area contributed by atoms with E-state index in [-0.39, 0.29) is 73.9 Å². The fourth-order valence-electron chi connectivity index (χ4n) is 7.77. The van der Waals surface area contributed by atoms with Gasteiger partial charge in [0.05, 0.1) is 59.5 Å². The number of anilines is 1. The lowest BCUT2D eigenvalue weighted by atomic mass is 9.79. The number of nitrogens with zero attached hydrogens (tertiary/aromatic N) is 5. The quantitative estimate of drug-likeness (QED) is 0.0376. The third-order valence-electron chi connectivity index (χ3n) is 10.9. The number of nitriles is 1. The number of imidazole rings is 1. The van der Waals surface area contributed by atoms with Crippen molar-refractivity contribution in [3.05, 3.63) is 112 Å². The van der Waals surface area contributed by atoms with Crippen molar-refractivity contribution in [3.63, 3.8) is 0 Å². The van der Waals surface area contributed by atoms with E-state index in [0.717, 1.165) is 16.7 Å². The minimum Gasteiger partial charge on any atom is -0.497 e. The Kier molecular flexibility index (Phi) is 17.2. The van der Waals surface area contributed by atoms with E-state index in [1.165, 1.54) is 6.33 Å². The van der Waals surface area contributed by atoms with Gasteiger partial charge in [-0.05, 0) is 68.7 Å². The number of amides is 1. The van der Waals surface area contributed by atoms with Gasteiger partial charge in [0, 0.05) is 25.1 Å². The number of H-pyrrole nitrogens is 1. The zero-order chi connectivity index (χ0) is 46.7. The molecule has 0 radical (unpaired) electrons. The summed E-state index contributed by atoms with van der Waals surface area (Å²) in [6.07, 6.45) is -2.12. The molecule has 65 heavy (non-hydrogen) atoms. The molecule has 6 rings (SSSR count). The Morgan fingerprint density at radius 1 is 0.877 bits per heavy atom. The number of fused-ring (bicyclic) bond motifs is 1. The highest BCUT2D eigenvalue weighted by molar-refractivity contribution is 7.44. The monoisotopic (exact) mass is 913 g/mol. The second-order valence-corrected chi connectivity index (χ2v) is 17.7. The summed E-state index contributed by atoms with van der Waals surface area (Å²) in [5.74, 6) is 0.556. The maximum absolute atomic E-state index is 13.5. The molecule has 18 heteroatoms. The molecule has 1 unspecified atom stereocenters. The lowest BCUT2D eigenvalue weighted by molar-refractivity contribution is -0.128. The van der Waals surface area contributed by atoms with Crippen LogP contribution in [0.4, 0.5) is 5.95 Å². The van der Waals surface area contributed by atoms with Crippen molar-refractivity contribution in [2.45, 2.75) is 90.2 Å². The largest absolute Gasteiger partial charge is 0.497 e. The summed E-state index contributed by atoms with van der Waals surface area (Å²) in [6.45, 7) is 12.2. The van der Waals surface area contributed by atoms with Crippen molar-refractivity contribution in [2.75, 3.05) is 53.1 Å². The number of methoxy groups -OCH3 is 3. The Morgan fingerprint density at radius 2 is 1.49 bits per heavy atom. The first-order valence-corrected chi connectivity index (χ1v) is 22.8. The molecule has 5 aromatic rings. The molecule has 1 saturated heterocycles. The van der Waals surface area contributed by atoms with Crippen LogP contribution in [0.1, 0.15) is 70.9 Å². The second-order valence-electron chi connectivity index (χ2n) is 16.2. The zero-order valence-corrected chi connectivity index (χ0v) is 39.3. The van der Waals surface area contributed by atoms with Crippen LogP contribution in [0.25, 0.3) is 11.2 Å². The SMILES string of the molecule is COCCO[C@@H]1[C@H](OC(c2ccccc2)(c2ccc(OC)cc2)c2ccc(OC)cc2)[C@@H](COP(OCCC#N)N(C(C)C)C(C)C)O[C@H]1n1cnc2c(=O)[nH]c(NC(=O)C(C)C)nc21. The van der Waals surface area contributed by atoms with Crippen LogP contribution in [0.3, 0.4) is 0 Å². The van der Waals surface area contributed by atoms with Gasteiger partial charge >= 0.3 is 0 Å². The Morgan fingerprint density at radius 3 is 2.05 bits per heavy atom. The first-order chi connectivity index (χ1) is 31.4. The van der Waals surface area contributed by atoms with Crippen LogP contribution in [-0.4, -0.2) is 108 Å². The van der Waals surface area contributed by atoms with E-state index in [2.05, 4.69) is 58.7 Å². The van der Waals surface area contributed by atoms with Crippen LogP contribution in [0.5, 0.6) is 11.5 Å². The predicted molar refractivity (Wildman–Crippen MR) is 245 cm³/mol. The average molecular weight is 914 g/mol. The molecule has 3 aromatic carbocycles. The number of carbonyl (C=O) groups excluding carboxylic acids is 1. The van der Waals surface area contributed by atoms with Gasteiger partial charge in [-0.2, -0.15) is 10.2 Å². The molecule has 17 nitrogen and oxygen atoms in total. The molecule has 1 fully saturated rings. The molecule has 0 bridgehead atoms. The highest BCUT2D eigenvalue weighted by Gasteiger charge is 2.53. The summed E-state index contributed by atoms with van der Waals surface area (Å²) in [5, 5.41) is 12.1. The molecule has 0 saturated carbocycles. The first-order valence-electron chi connectivity index (χ1n) is 21.6. The summed E-state index contributed by atoms with van der Waals surface area (Å²) in [6, 6.07) is 27.5. The van der Waals surface area contributed by atoms with Crippen molar-refractivity contribution in [3.8, 4) is 17.6 Å². The van der Waals surface area contributed by atoms with E-state index in [0.29, 0.717) is 11.5 Å². The van der Waals surface area contributed by atoms with Gasteiger partial charge in [-0.3, -0.25) is 24.5 Å². The molecular formula is C47H60N7O10P. The molecule has 0 spiro atoms. The Balaban J connectivity index is 1.57. The highest BCUT2D eigenvalue weighted by Crippen LogP contribution is 2.50. The van der Waals surface area contributed by atoms with E-state index in [4.69, 9.17) is 37.5 Å². The van der Waals surface area contributed by atoms with Crippen LogP contribution < -0.4 is 20.3 Å². The van der Waals surface area contributed by atoms with Crippen LogP contribution in [-0.2, 0) is 38.4 Å². The van der Waals surface area contributed by atoms with Gasteiger partial charge in [-0.15, -0.1) is 0 Å². The number of hydrogen-bond acceptors (Lipinski definition) is 14. The minimum absolute atomic E-state index is 0.0259. The Hall–Kier alpha value is -5.28. The highest BCUT2D eigenvalue weighted by atomic mass is 31.2. The first kappa shape index (κ1) is 49.2. The zero-order valence-electron chi connectivity index (χ0n) is 38.4. The Bertz CT molecular complexity index is 2330. The number of nitrogens with one attached hydrogen (secondary N) is 2. The molecule has 2 aromatic heterocycles. The number of rotatable bonds is 23. The molecule has 1 amide bonds. The summed E-state index contributed by atoms with van der Waals surface area (Å²) in [7, 11) is 3.09. The molecular weight excluding hydrogens is 854 g/mol. The van der Waals surface area contributed by atoms with Gasteiger partial charge in [0.1, 0.15) is 35.4 Å². The van der Waals surface area contributed by atoms with Gasteiger partial charge in [0.15, 0.2) is 17.4 Å². The molecule has 348 valence electrons. The van der Waals surface area contributed by atoms with Crippen LogP contribution in [0.2, 0.25) is 0 Å². The maximum atomic E-state index is 13.5. The molecule has 3 heterocycles.